The van der Waals surface area contributed by atoms with E-state index in [2.05, 4.69) is 38.2 Å². The van der Waals surface area contributed by atoms with Gasteiger partial charge >= 0.3 is 0 Å². The molecule has 2 rings (SSSR count). The molecule has 0 saturated heterocycles. The van der Waals surface area contributed by atoms with E-state index in [-0.39, 0.29) is 23.3 Å². The highest BCUT2D eigenvalue weighted by Crippen LogP contribution is 2.48. The minimum atomic E-state index is -0.443. The van der Waals surface area contributed by atoms with Crippen LogP contribution in [0.2, 0.25) is 5.02 Å². The van der Waals surface area contributed by atoms with Gasteiger partial charge in [0.25, 0.3) is 0 Å². The SMILES string of the molecule is CCC(C)C(N)C(=O)N[C@@H](CC(C)C)C1(c2ccc(Cl)cc2)CCC1. The van der Waals surface area contributed by atoms with Crippen LogP contribution in [0.15, 0.2) is 24.3 Å². The highest BCUT2D eigenvalue weighted by Gasteiger charge is 2.46. The fourth-order valence-corrected chi connectivity index (χ4v) is 3.98. The average molecular weight is 365 g/mol. The predicted molar refractivity (Wildman–Crippen MR) is 106 cm³/mol. The monoisotopic (exact) mass is 364 g/mol. The molecule has 1 amide bonds. The summed E-state index contributed by atoms with van der Waals surface area (Å²) < 4.78 is 0. The summed E-state index contributed by atoms with van der Waals surface area (Å²) in [5.41, 5.74) is 7.48. The van der Waals surface area contributed by atoms with Crippen molar-refractivity contribution in [2.45, 2.75) is 77.3 Å². The third-order valence-corrected chi connectivity index (χ3v) is 6.17. The summed E-state index contributed by atoms with van der Waals surface area (Å²) in [7, 11) is 0. The van der Waals surface area contributed by atoms with Gasteiger partial charge in [0.2, 0.25) is 5.91 Å². The van der Waals surface area contributed by atoms with Crippen molar-refractivity contribution in [1.82, 2.24) is 5.32 Å². The van der Waals surface area contributed by atoms with Crippen molar-refractivity contribution < 1.29 is 4.79 Å². The number of carbonyl (C=O) groups excluding carboxylic acids is 1. The van der Waals surface area contributed by atoms with Gasteiger partial charge in [-0.15, -0.1) is 0 Å². The Morgan fingerprint density at radius 3 is 2.28 bits per heavy atom. The first kappa shape index (κ1) is 20.3. The summed E-state index contributed by atoms with van der Waals surface area (Å²) in [5, 5.41) is 4.07. The number of carbonyl (C=O) groups is 1. The third-order valence-electron chi connectivity index (χ3n) is 5.92. The molecule has 1 aromatic rings. The Balaban J connectivity index is 2.25. The molecular formula is C21H33ClN2O. The number of benzene rings is 1. The van der Waals surface area contributed by atoms with Crippen molar-refractivity contribution in [2.75, 3.05) is 0 Å². The van der Waals surface area contributed by atoms with E-state index in [9.17, 15) is 4.79 Å². The first-order chi connectivity index (χ1) is 11.8. The predicted octanol–water partition coefficient (Wildman–Crippen LogP) is 4.67. The van der Waals surface area contributed by atoms with Crippen molar-refractivity contribution in [3.05, 3.63) is 34.9 Å². The van der Waals surface area contributed by atoms with Crippen molar-refractivity contribution in [3.8, 4) is 0 Å². The Hall–Kier alpha value is -1.06. The van der Waals surface area contributed by atoms with E-state index >= 15 is 0 Å². The molecule has 2 unspecified atom stereocenters. The molecule has 3 nitrogen and oxygen atoms in total. The smallest absolute Gasteiger partial charge is 0.237 e. The molecular weight excluding hydrogens is 332 g/mol. The van der Waals surface area contributed by atoms with Gasteiger partial charge in [-0.25, -0.2) is 0 Å². The van der Waals surface area contributed by atoms with Crippen molar-refractivity contribution in [3.63, 3.8) is 0 Å². The molecule has 0 bridgehead atoms. The number of amides is 1. The van der Waals surface area contributed by atoms with Gasteiger partial charge in [-0.2, -0.15) is 0 Å². The number of hydrogen-bond acceptors (Lipinski definition) is 2. The Kier molecular flexibility index (Phi) is 6.93. The van der Waals surface area contributed by atoms with Gasteiger partial charge in [0.1, 0.15) is 0 Å². The number of rotatable bonds is 8. The van der Waals surface area contributed by atoms with Crippen LogP contribution in [-0.4, -0.2) is 18.0 Å². The third kappa shape index (κ3) is 4.57. The highest BCUT2D eigenvalue weighted by molar-refractivity contribution is 6.30. The molecule has 4 heteroatoms. The Morgan fingerprint density at radius 2 is 1.84 bits per heavy atom. The fraction of sp³-hybridized carbons (Fsp3) is 0.667. The lowest BCUT2D eigenvalue weighted by atomic mass is 9.58. The minimum absolute atomic E-state index is 0.0136. The lowest BCUT2D eigenvalue weighted by molar-refractivity contribution is -0.125. The number of nitrogens with one attached hydrogen (secondary N) is 1. The Bertz CT molecular complexity index is 566. The highest BCUT2D eigenvalue weighted by atomic mass is 35.5. The second kappa shape index (κ2) is 8.55. The lowest BCUT2D eigenvalue weighted by Crippen LogP contribution is -2.58. The summed E-state index contributed by atoms with van der Waals surface area (Å²) in [6.07, 6.45) is 5.27. The fourth-order valence-electron chi connectivity index (χ4n) is 3.85. The Labute approximate surface area is 157 Å². The molecule has 0 aromatic heterocycles. The maximum atomic E-state index is 12.8. The van der Waals surface area contributed by atoms with Crippen LogP contribution in [0, 0.1) is 11.8 Å². The van der Waals surface area contributed by atoms with Crippen LogP contribution in [0.1, 0.15) is 65.4 Å². The minimum Gasteiger partial charge on any atom is -0.351 e. The largest absolute Gasteiger partial charge is 0.351 e. The second-order valence-electron chi connectivity index (χ2n) is 8.12. The van der Waals surface area contributed by atoms with Gasteiger partial charge in [0.05, 0.1) is 6.04 Å². The molecule has 25 heavy (non-hydrogen) atoms. The molecule has 1 fully saturated rings. The van der Waals surface area contributed by atoms with E-state index in [1.165, 1.54) is 12.0 Å². The van der Waals surface area contributed by atoms with Crippen molar-refractivity contribution >= 4 is 17.5 Å². The number of halogens is 1. The molecule has 3 N–H and O–H groups in total. The molecule has 1 saturated carbocycles. The van der Waals surface area contributed by atoms with Gasteiger partial charge in [0.15, 0.2) is 0 Å². The van der Waals surface area contributed by atoms with Crippen LogP contribution < -0.4 is 11.1 Å². The summed E-state index contributed by atoms with van der Waals surface area (Å²) in [6, 6.07) is 7.82. The normalized spacial score (nSPS) is 19.8. The van der Waals surface area contributed by atoms with Gasteiger partial charge in [-0.3, -0.25) is 4.79 Å². The van der Waals surface area contributed by atoms with Crippen LogP contribution in [0.25, 0.3) is 0 Å². The molecule has 1 aliphatic carbocycles. The summed E-state index contributed by atoms with van der Waals surface area (Å²) in [5.74, 6) is 0.683. The van der Waals surface area contributed by atoms with Crippen LogP contribution >= 0.6 is 11.6 Å². The van der Waals surface area contributed by atoms with E-state index < -0.39 is 6.04 Å². The zero-order valence-corrected chi connectivity index (χ0v) is 16.8. The van der Waals surface area contributed by atoms with Gasteiger partial charge in [0, 0.05) is 16.5 Å². The zero-order valence-electron chi connectivity index (χ0n) is 16.0. The molecule has 1 aromatic carbocycles. The standard InChI is InChI=1S/C21H33ClN2O/c1-5-15(4)19(23)20(25)24-18(13-14(2)3)21(11-6-12-21)16-7-9-17(22)10-8-16/h7-10,14-15,18-19H,5-6,11-13,23H2,1-4H3,(H,24,25)/t15?,18-,19?/m0/s1. The quantitative estimate of drug-likeness (QED) is 0.704. The lowest BCUT2D eigenvalue weighted by Gasteiger charge is -2.49. The van der Waals surface area contributed by atoms with E-state index in [0.29, 0.717) is 5.92 Å². The summed E-state index contributed by atoms with van der Waals surface area (Å²) >= 11 is 6.08. The van der Waals surface area contributed by atoms with Gasteiger partial charge in [-0.05, 0) is 48.8 Å². The first-order valence-electron chi connectivity index (χ1n) is 9.62. The number of hydrogen-bond donors (Lipinski definition) is 2. The molecule has 1 aliphatic rings. The van der Waals surface area contributed by atoms with E-state index in [0.717, 1.165) is 30.7 Å². The molecule has 0 spiro atoms. The average Bonchev–Trinajstić information content (AvgIpc) is 2.53. The molecule has 3 atom stereocenters. The molecule has 0 radical (unpaired) electrons. The van der Waals surface area contributed by atoms with E-state index in [1.54, 1.807) is 0 Å². The van der Waals surface area contributed by atoms with Crippen LogP contribution in [0.3, 0.4) is 0 Å². The van der Waals surface area contributed by atoms with E-state index in [1.807, 2.05) is 19.1 Å². The molecule has 140 valence electrons. The van der Waals surface area contributed by atoms with Gasteiger partial charge in [-0.1, -0.05) is 64.3 Å². The zero-order chi connectivity index (χ0) is 18.6. The second-order valence-corrected chi connectivity index (χ2v) is 8.56. The van der Waals surface area contributed by atoms with Gasteiger partial charge < -0.3 is 11.1 Å². The summed E-state index contributed by atoms with van der Waals surface area (Å²) in [4.78, 5) is 12.8. The van der Waals surface area contributed by atoms with Crippen LogP contribution in [0.5, 0.6) is 0 Å². The summed E-state index contributed by atoms with van der Waals surface area (Å²) in [6.45, 7) is 8.54. The molecule has 0 aliphatic heterocycles. The van der Waals surface area contributed by atoms with E-state index in [4.69, 9.17) is 17.3 Å². The molecule has 0 heterocycles. The van der Waals surface area contributed by atoms with Crippen molar-refractivity contribution in [1.29, 1.82) is 0 Å². The first-order valence-corrected chi connectivity index (χ1v) is 10.00. The van der Waals surface area contributed by atoms with Crippen LogP contribution in [-0.2, 0) is 10.2 Å². The maximum Gasteiger partial charge on any atom is 0.237 e. The Morgan fingerprint density at radius 1 is 1.24 bits per heavy atom. The van der Waals surface area contributed by atoms with Crippen molar-refractivity contribution in [2.24, 2.45) is 17.6 Å². The topological polar surface area (TPSA) is 55.1 Å². The maximum absolute atomic E-state index is 12.8. The van der Waals surface area contributed by atoms with Crippen LogP contribution in [0.4, 0.5) is 0 Å². The number of nitrogens with two attached hydrogens (primary N) is 1.